The van der Waals surface area contributed by atoms with Crippen molar-refractivity contribution in [2.45, 2.75) is 44.7 Å². The SMILES string of the molecule is CC(=O)NCCCCCC(=O)C(C#N)c1ccc(C(F)(F)F)cn1. The summed E-state index contributed by atoms with van der Waals surface area (Å²) < 4.78 is 37.4. The fourth-order valence-electron chi connectivity index (χ4n) is 2.06. The Labute approximate surface area is 137 Å². The van der Waals surface area contributed by atoms with E-state index in [1.54, 1.807) is 6.07 Å². The fraction of sp³-hybridized carbons (Fsp3) is 0.500. The van der Waals surface area contributed by atoms with Crippen molar-refractivity contribution in [1.29, 1.82) is 5.26 Å². The zero-order valence-corrected chi connectivity index (χ0v) is 13.2. The van der Waals surface area contributed by atoms with Gasteiger partial charge >= 0.3 is 6.18 Å². The van der Waals surface area contributed by atoms with E-state index < -0.39 is 17.7 Å². The molecule has 0 aliphatic carbocycles. The minimum absolute atomic E-state index is 0.0220. The zero-order valence-electron chi connectivity index (χ0n) is 13.2. The molecular formula is C16H18F3N3O2. The first-order valence-corrected chi connectivity index (χ1v) is 7.45. The molecule has 1 atom stereocenters. The molecule has 1 N–H and O–H groups in total. The molecule has 0 radical (unpaired) electrons. The first-order chi connectivity index (χ1) is 11.3. The molecule has 1 heterocycles. The Kier molecular flexibility index (Phi) is 7.36. The van der Waals surface area contributed by atoms with Crippen molar-refractivity contribution in [3.8, 4) is 6.07 Å². The number of nitrogens with one attached hydrogen (secondary N) is 1. The van der Waals surface area contributed by atoms with Crippen molar-refractivity contribution in [1.82, 2.24) is 10.3 Å². The van der Waals surface area contributed by atoms with Crippen molar-refractivity contribution in [3.63, 3.8) is 0 Å². The molecule has 24 heavy (non-hydrogen) atoms. The highest BCUT2D eigenvalue weighted by atomic mass is 19.4. The maximum atomic E-state index is 12.5. The molecule has 0 saturated carbocycles. The number of Topliss-reactive ketones (excluding diaryl/α,β-unsaturated/α-hetero) is 1. The van der Waals surface area contributed by atoms with E-state index in [0.717, 1.165) is 12.1 Å². The van der Waals surface area contributed by atoms with Crippen LogP contribution in [0.4, 0.5) is 13.2 Å². The fourth-order valence-corrected chi connectivity index (χ4v) is 2.06. The molecule has 1 unspecified atom stereocenters. The first kappa shape index (κ1) is 19.6. The third-order valence-electron chi connectivity index (χ3n) is 3.33. The van der Waals surface area contributed by atoms with Gasteiger partial charge in [-0.15, -0.1) is 0 Å². The van der Waals surface area contributed by atoms with Crippen LogP contribution in [-0.4, -0.2) is 23.2 Å². The Morgan fingerprint density at radius 3 is 2.50 bits per heavy atom. The minimum atomic E-state index is -4.51. The van der Waals surface area contributed by atoms with Crippen LogP contribution in [0.2, 0.25) is 0 Å². The number of unbranched alkanes of at least 4 members (excludes halogenated alkanes) is 2. The highest BCUT2D eigenvalue weighted by molar-refractivity contribution is 5.87. The Hall–Kier alpha value is -2.43. The summed E-state index contributed by atoms with van der Waals surface area (Å²) in [5.41, 5.74) is -0.901. The third kappa shape index (κ3) is 6.36. The highest BCUT2D eigenvalue weighted by Gasteiger charge is 2.31. The van der Waals surface area contributed by atoms with Gasteiger partial charge in [-0.05, 0) is 25.0 Å². The predicted octanol–water partition coefficient (Wildman–Crippen LogP) is 2.97. The molecule has 130 valence electrons. The summed E-state index contributed by atoms with van der Waals surface area (Å²) in [4.78, 5) is 26.3. The van der Waals surface area contributed by atoms with Crippen molar-refractivity contribution in [2.75, 3.05) is 6.54 Å². The molecule has 1 amide bonds. The van der Waals surface area contributed by atoms with Crippen LogP contribution in [0.5, 0.6) is 0 Å². The molecule has 1 aromatic heterocycles. The summed E-state index contributed by atoms with van der Waals surface area (Å²) >= 11 is 0. The average Bonchev–Trinajstić information content (AvgIpc) is 2.51. The van der Waals surface area contributed by atoms with Crippen LogP contribution < -0.4 is 5.32 Å². The molecule has 8 heteroatoms. The van der Waals surface area contributed by atoms with E-state index in [1.165, 1.54) is 6.92 Å². The molecule has 0 aliphatic rings. The Bertz CT molecular complexity index is 606. The van der Waals surface area contributed by atoms with Crippen LogP contribution in [0.15, 0.2) is 18.3 Å². The second-order valence-corrected chi connectivity index (χ2v) is 5.29. The third-order valence-corrected chi connectivity index (χ3v) is 3.33. The van der Waals surface area contributed by atoms with E-state index in [0.29, 0.717) is 32.0 Å². The number of rotatable bonds is 8. The molecular weight excluding hydrogens is 323 g/mol. The molecule has 0 saturated heterocycles. The van der Waals surface area contributed by atoms with Crippen LogP contribution >= 0.6 is 0 Å². The molecule has 5 nitrogen and oxygen atoms in total. The monoisotopic (exact) mass is 341 g/mol. The number of pyridine rings is 1. The first-order valence-electron chi connectivity index (χ1n) is 7.45. The normalized spacial score (nSPS) is 12.3. The molecule has 1 aromatic rings. The number of alkyl halides is 3. The number of nitrogens with zero attached hydrogens (tertiary/aromatic N) is 2. The quantitative estimate of drug-likeness (QED) is 0.737. The maximum Gasteiger partial charge on any atom is 0.417 e. The van der Waals surface area contributed by atoms with Gasteiger partial charge in [-0.3, -0.25) is 14.6 Å². The Morgan fingerprint density at radius 1 is 1.29 bits per heavy atom. The van der Waals surface area contributed by atoms with Gasteiger partial charge in [0.2, 0.25) is 5.91 Å². The summed E-state index contributed by atoms with van der Waals surface area (Å²) in [5, 5.41) is 11.7. The standard InChI is InChI=1S/C16H18F3N3O2/c1-11(23)21-8-4-2-3-5-15(24)13(9-20)14-7-6-12(10-22-14)16(17,18)19/h6-7,10,13H,2-5,8H2,1H3,(H,21,23). The van der Waals surface area contributed by atoms with E-state index in [9.17, 15) is 22.8 Å². The van der Waals surface area contributed by atoms with E-state index in [4.69, 9.17) is 5.26 Å². The summed E-state index contributed by atoms with van der Waals surface area (Å²) in [6.45, 7) is 1.93. The summed E-state index contributed by atoms with van der Waals surface area (Å²) in [6, 6.07) is 3.67. The number of nitriles is 1. The van der Waals surface area contributed by atoms with E-state index in [2.05, 4.69) is 10.3 Å². The predicted molar refractivity (Wildman–Crippen MR) is 79.8 cm³/mol. The summed E-state index contributed by atoms with van der Waals surface area (Å²) in [5.74, 6) is -1.66. The molecule has 0 bridgehead atoms. The lowest BCUT2D eigenvalue weighted by Gasteiger charge is -2.10. The Balaban J connectivity index is 2.52. The van der Waals surface area contributed by atoms with Crippen molar-refractivity contribution >= 4 is 11.7 Å². The second kappa shape index (κ2) is 9.01. The number of ketones is 1. The van der Waals surface area contributed by atoms with Gasteiger partial charge in [0.05, 0.1) is 17.3 Å². The zero-order chi connectivity index (χ0) is 18.2. The van der Waals surface area contributed by atoms with Crippen LogP contribution in [0.1, 0.15) is 49.8 Å². The highest BCUT2D eigenvalue weighted by Crippen LogP contribution is 2.29. The maximum absolute atomic E-state index is 12.5. The van der Waals surface area contributed by atoms with Gasteiger partial charge in [0.25, 0.3) is 0 Å². The van der Waals surface area contributed by atoms with Crippen molar-refractivity contribution in [2.24, 2.45) is 0 Å². The van der Waals surface area contributed by atoms with Gasteiger partial charge < -0.3 is 5.32 Å². The molecule has 0 aliphatic heterocycles. The van der Waals surface area contributed by atoms with E-state index in [1.807, 2.05) is 0 Å². The summed E-state index contributed by atoms with van der Waals surface area (Å²) in [7, 11) is 0. The van der Waals surface area contributed by atoms with Crippen LogP contribution in [0.25, 0.3) is 0 Å². The lowest BCUT2D eigenvalue weighted by molar-refractivity contribution is -0.137. The molecule has 1 rings (SSSR count). The number of halogens is 3. The number of aromatic nitrogens is 1. The van der Waals surface area contributed by atoms with E-state index >= 15 is 0 Å². The number of carbonyl (C=O) groups excluding carboxylic acids is 2. The van der Waals surface area contributed by atoms with Gasteiger partial charge in [-0.1, -0.05) is 6.42 Å². The number of hydrogen-bond donors (Lipinski definition) is 1. The minimum Gasteiger partial charge on any atom is -0.356 e. The van der Waals surface area contributed by atoms with Gasteiger partial charge in [0, 0.05) is 26.1 Å². The summed E-state index contributed by atoms with van der Waals surface area (Å²) in [6.07, 6.45) is -1.79. The number of carbonyl (C=O) groups is 2. The van der Waals surface area contributed by atoms with Crippen LogP contribution in [-0.2, 0) is 15.8 Å². The van der Waals surface area contributed by atoms with Gasteiger partial charge in [0.1, 0.15) is 5.92 Å². The van der Waals surface area contributed by atoms with Crippen molar-refractivity contribution in [3.05, 3.63) is 29.6 Å². The van der Waals surface area contributed by atoms with Crippen LogP contribution in [0.3, 0.4) is 0 Å². The smallest absolute Gasteiger partial charge is 0.356 e. The van der Waals surface area contributed by atoms with Crippen molar-refractivity contribution < 1.29 is 22.8 Å². The number of hydrogen-bond acceptors (Lipinski definition) is 4. The largest absolute Gasteiger partial charge is 0.417 e. The Morgan fingerprint density at radius 2 is 2.00 bits per heavy atom. The lowest BCUT2D eigenvalue weighted by atomic mass is 9.96. The molecule has 0 fully saturated rings. The second-order valence-electron chi connectivity index (χ2n) is 5.29. The van der Waals surface area contributed by atoms with Gasteiger partial charge in [0.15, 0.2) is 5.78 Å². The van der Waals surface area contributed by atoms with E-state index in [-0.39, 0.29) is 23.8 Å². The van der Waals surface area contributed by atoms with Crippen LogP contribution in [0, 0.1) is 11.3 Å². The number of amides is 1. The van der Waals surface area contributed by atoms with Gasteiger partial charge in [-0.2, -0.15) is 18.4 Å². The average molecular weight is 341 g/mol. The topological polar surface area (TPSA) is 82.9 Å². The molecule has 0 aromatic carbocycles. The van der Waals surface area contributed by atoms with Gasteiger partial charge in [-0.25, -0.2) is 0 Å². The lowest BCUT2D eigenvalue weighted by Crippen LogP contribution is -2.20. The molecule has 0 spiro atoms.